The zero-order valence-electron chi connectivity index (χ0n) is 37.5. The van der Waals surface area contributed by atoms with E-state index in [0.29, 0.717) is 35.7 Å². The highest BCUT2D eigenvalue weighted by atomic mass is 16.3. The Hall–Kier alpha value is -9.14. The largest absolute Gasteiger partial charge is 0.456 e. The van der Waals surface area contributed by atoms with Crippen LogP contribution in [0, 0.1) is 0 Å². The minimum atomic E-state index is 0.0619. The number of aliphatic imine (C=N–C) groups is 3. The van der Waals surface area contributed by atoms with E-state index in [1.54, 1.807) is 0 Å². The summed E-state index contributed by atoms with van der Waals surface area (Å²) in [6, 6.07) is 70.4. The second-order valence-electron chi connectivity index (χ2n) is 17.1. The lowest BCUT2D eigenvalue weighted by molar-refractivity contribution is 0.570. The zero-order valence-corrected chi connectivity index (χ0v) is 37.5. The number of para-hydroxylation sites is 1. The topological polar surface area (TPSA) is 93.8 Å². The van der Waals surface area contributed by atoms with Gasteiger partial charge in [0.15, 0.2) is 29.1 Å². The van der Waals surface area contributed by atoms with Gasteiger partial charge in [0.2, 0.25) is 0 Å². The number of nitrogens with zero attached hydrogens (tertiary/aromatic N) is 7. The first kappa shape index (κ1) is 41.3. The molecular weight excluding hydrogens is 847 g/mol. The molecule has 0 bridgehead atoms. The lowest BCUT2D eigenvalue weighted by atomic mass is 9.90. The van der Waals surface area contributed by atoms with Gasteiger partial charge in [0.25, 0.3) is 0 Å². The molecule has 0 aliphatic heterocycles. The van der Waals surface area contributed by atoms with E-state index in [1.165, 1.54) is 5.56 Å². The Bertz CT molecular complexity index is 3840. The van der Waals surface area contributed by atoms with Crippen LogP contribution in [0.15, 0.2) is 226 Å². The predicted octanol–water partition coefficient (Wildman–Crippen LogP) is 12.6. The molecule has 12 rings (SSSR count). The summed E-state index contributed by atoms with van der Waals surface area (Å²) in [5.74, 6) is 2.98. The lowest BCUT2D eigenvalue weighted by Gasteiger charge is -2.14. The molecule has 8 heteroatoms. The molecule has 1 aliphatic rings. The van der Waals surface area contributed by atoms with Crippen LogP contribution in [-0.2, 0) is 6.54 Å². The number of amidine groups is 2. The van der Waals surface area contributed by atoms with E-state index in [1.807, 2.05) is 121 Å². The minimum absolute atomic E-state index is 0.0619. The molecule has 0 N–H and O–H groups in total. The second-order valence-corrected chi connectivity index (χ2v) is 17.1. The Morgan fingerprint density at radius 3 is 1.87 bits per heavy atom. The van der Waals surface area contributed by atoms with Crippen molar-refractivity contribution < 1.29 is 4.42 Å². The minimum Gasteiger partial charge on any atom is -0.456 e. The molecule has 0 saturated carbocycles. The van der Waals surface area contributed by atoms with Crippen LogP contribution in [0.2, 0.25) is 0 Å². The van der Waals surface area contributed by atoms with Gasteiger partial charge in [0.05, 0.1) is 17.6 Å². The van der Waals surface area contributed by atoms with Crippen LogP contribution in [0.4, 0.5) is 0 Å². The molecule has 1 aliphatic carbocycles. The molecule has 1 unspecified atom stereocenters. The number of furan rings is 1. The summed E-state index contributed by atoms with van der Waals surface area (Å²) in [7, 11) is 0. The van der Waals surface area contributed by atoms with Crippen molar-refractivity contribution in [3.8, 4) is 39.9 Å². The third-order valence-electron chi connectivity index (χ3n) is 12.8. The molecule has 11 aromatic rings. The molecule has 1 atom stereocenters. The summed E-state index contributed by atoms with van der Waals surface area (Å²) in [6.07, 6.45) is 5.37. The van der Waals surface area contributed by atoms with E-state index in [2.05, 4.69) is 113 Å². The summed E-state index contributed by atoms with van der Waals surface area (Å²) < 4.78 is 8.94. The Morgan fingerprint density at radius 1 is 0.580 bits per heavy atom. The normalized spacial score (nSPS) is 13.8. The number of hydrogen-bond donors (Lipinski definition) is 0. The fourth-order valence-corrected chi connectivity index (χ4v) is 9.44. The van der Waals surface area contributed by atoms with Gasteiger partial charge in [-0.2, -0.15) is 0 Å². The zero-order chi connectivity index (χ0) is 46.1. The smallest absolute Gasteiger partial charge is 0.164 e. The molecule has 8 nitrogen and oxygen atoms in total. The van der Waals surface area contributed by atoms with Gasteiger partial charge >= 0.3 is 0 Å². The summed E-state index contributed by atoms with van der Waals surface area (Å²) in [4.78, 5) is 29.8. The van der Waals surface area contributed by atoms with E-state index in [4.69, 9.17) is 29.4 Å². The molecule has 69 heavy (non-hydrogen) atoms. The van der Waals surface area contributed by atoms with Crippen LogP contribution >= 0.6 is 0 Å². The summed E-state index contributed by atoms with van der Waals surface area (Å²) >= 11 is 0. The van der Waals surface area contributed by atoms with Gasteiger partial charge in [0, 0.05) is 60.8 Å². The molecule has 328 valence electrons. The van der Waals surface area contributed by atoms with Crippen molar-refractivity contribution in [2.75, 3.05) is 0 Å². The van der Waals surface area contributed by atoms with Crippen LogP contribution in [0.5, 0.6) is 0 Å². The molecule has 0 fully saturated rings. The van der Waals surface area contributed by atoms with Gasteiger partial charge in [0.1, 0.15) is 11.0 Å². The van der Waals surface area contributed by atoms with E-state index < -0.39 is 0 Å². The van der Waals surface area contributed by atoms with Crippen molar-refractivity contribution in [2.45, 2.75) is 18.9 Å². The number of fused-ring (bicyclic) bond motifs is 6. The van der Waals surface area contributed by atoms with Gasteiger partial charge in [-0.15, -0.1) is 0 Å². The third-order valence-corrected chi connectivity index (χ3v) is 12.8. The summed E-state index contributed by atoms with van der Waals surface area (Å²) in [6.45, 7) is 4.36. The highest BCUT2D eigenvalue weighted by Crippen LogP contribution is 2.37. The van der Waals surface area contributed by atoms with E-state index in [0.717, 1.165) is 88.9 Å². The van der Waals surface area contributed by atoms with Crippen molar-refractivity contribution in [2.24, 2.45) is 15.0 Å². The van der Waals surface area contributed by atoms with Crippen LogP contribution in [0.3, 0.4) is 0 Å². The Balaban J connectivity index is 1.01. The number of hydrogen-bond acceptors (Lipinski definition) is 5. The van der Waals surface area contributed by atoms with Crippen LogP contribution in [0.25, 0.3) is 84.8 Å². The van der Waals surface area contributed by atoms with Crippen molar-refractivity contribution in [1.29, 1.82) is 0 Å². The first-order valence-corrected chi connectivity index (χ1v) is 23.1. The number of rotatable bonds is 9. The highest BCUT2D eigenvalue weighted by Gasteiger charge is 2.22. The molecule has 3 heterocycles. The highest BCUT2D eigenvalue weighted by molar-refractivity contribution is 6.16. The van der Waals surface area contributed by atoms with Crippen LogP contribution < -0.4 is 10.6 Å². The molecule has 0 radical (unpaired) electrons. The maximum Gasteiger partial charge on any atom is 0.164 e. The Morgan fingerprint density at radius 2 is 1.19 bits per heavy atom. The first-order valence-electron chi connectivity index (χ1n) is 23.1. The average molecular weight is 890 g/mol. The van der Waals surface area contributed by atoms with Crippen molar-refractivity contribution in [3.63, 3.8) is 0 Å². The third kappa shape index (κ3) is 7.94. The van der Waals surface area contributed by atoms with Crippen LogP contribution in [0.1, 0.15) is 34.6 Å². The number of benzene rings is 8. The average Bonchev–Trinajstić information content (AvgIpc) is 3.97. The van der Waals surface area contributed by atoms with Crippen molar-refractivity contribution in [1.82, 2.24) is 19.5 Å². The fraction of sp³-hybridized carbons (Fsp3) is 0.0492. The van der Waals surface area contributed by atoms with Gasteiger partial charge in [-0.3, -0.25) is 4.99 Å². The number of aromatic nitrogens is 4. The quantitative estimate of drug-likeness (QED) is 0.107. The molecular formula is C61H43N7O. The van der Waals surface area contributed by atoms with Gasteiger partial charge in [-0.25, -0.2) is 24.9 Å². The molecule has 8 aromatic carbocycles. The summed E-state index contributed by atoms with van der Waals surface area (Å²) in [5, 5.41) is 4.25. The van der Waals surface area contributed by atoms with E-state index >= 15 is 0 Å². The van der Waals surface area contributed by atoms with Crippen molar-refractivity contribution in [3.05, 3.63) is 239 Å². The fourth-order valence-electron chi connectivity index (χ4n) is 9.44. The second kappa shape index (κ2) is 17.9. The maximum absolute atomic E-state index is 6.60. The van der Waals surface area contributed by atoms with Gasteiger partial charge < -0.3 is 8.98 Å². The molecule has 3 aromatic heterocycles. The monoisotopic (exact) mass is 889 g/mol. The molecule has 0 saturated heterocycles. The van der Waals surface area contributed by atoms with E-state index in [9.17, 15) is 0 Å². The summed E-state index contributed by atoms with van der Waals surface area (Å²) in [5.41, 5.74) is 11.7. The molecule has 0 spiro atoms. The molecule has 0 amide bonds. The van der Waals surface area contributed by atoms with Crippen LogP contribution in [-0.4, -0.2) is 37.9 Å². The predicted molar refractivity (Wildman–Crippen MR) is 281 cm³/mol. The van der Waals surface area contributed by atoms with Crippen molar-refractivity contribution >= 4 is 63.3 Å². The van der Waals surface area contributed by atoms with E-state index in [-0.39, 0.29) is 5.92 Å². The maximum atomic E-state index is 6.60. The Labute approximate surface area is 398 Å². The first-order chi connectivity index (χ1) is 34.1. The SMILES string of the molecule is C=NC(=NC(=NCc1ccccc1)c1ccc2c(c1)c1cc(C3C=c4c(oc5cccc(-c6nc(-c7ccccc7)nc(-c7ccccc7)n6)c45)=CC3)ccc1n2-c1ccccc1)c1ccccc1. The van der Waals surface area contributed by atoms with Gasteiger partial charge in [-0.1, -0.05) is 164 Å². The standard InChI is InChI=1S/C61H43N7O/c1-62-57(41-20-9-3-10-21-41)64-58(63-39-40-18-7-2-8-19-40)46-31-34-53-50(38-46)49-36-44(30-33-52(49)68(53)47-26-15-6-16-27-47)45-32-35-54-51(37-45)56-48(28-17-29-55(56)69-54)61-66-59(42-22-11-4-12-23-42)65-60(67-61)43-24-13-5-14-25-43/h2-31,33-38,45H,1,32,39H2. The van der Waals surface area contributed by atoms with Gasteiger partial charge in [-0.05, 0) is 78.9 Å². The Kier molecular flexibility index (Phi) is 10.7. The lowest BCUT2D eigenvalue weighted by Crippen LogP contribution is -2.25.